The maximum atomic E-state index is 11.6. The molecule has 0 aliphatic rings. The number of nitrogens with zero attached hydrogens (tertiary/aromatic N) is 1. The minimum absolute atomic E-state index is 0.289. The SMILES string of the molecule is CCC[C@H](/C=C/C(=O)OCC)[C@@H](O)/C(Cc1ccccc1)=N/OC(C)=O. The zero-order valence-corrected chi connectivity index (χ0v) is 15.6. The first-order valence-corrected chi connectivity index (χ1v) is 8.79. The number of benzene rings is 1. The summed E-state index contributed by atoms with van der Waals surface area (Å²) >= 11 is 0. The smallest absolute Gasteiger partial charge is 0.331 e. The molecule has 0 heterocycles. The van der Waals surface area contributed by atoms with E-state index in [9.17, 15) is 14.7 Å². The fourth-order valence-electron chi connectivity index (χ4n) is 2.45. The number of ether oxygens (including phenoxy) is 1. The Morgan fingerprint density at radius 1 is 1.23 bits per heavy atom. The highest BCUT2D eigenvalue weighted by Crippen LogP contribution is 2.18. The average molecular weight is 361 g/mol. The summed E-state index contributed by atoms with van der Waals surface area (Å²) in [7, 11) is 0. The number of oxime groups is 1. The van der Waals surface area contributed by atoms with Crippen LogP contribution in [0.1, 0.15) is 39.2 Å². The molecule has 0 fully saturated rings. The molecule has 1 rings (SSSR count). The summed E-state index contributed by atoms with van der Waals surface area (Å²) in [5.41, 5.74) is 1.26. The summed E-state index contributed by atoms with van der Waals surface area (Å²) < 4.78 is 4.88. The average Bonchev–Trinajstić information content (AvgIpc) is 2.62. The molecule has 0 amide bonds. The summed E-state index contributed by atoms with van der Waals surface area (Å²) in [4.78, 5) is 27.4. The third-order valence-electron chi connectivity index (χ3n) is 3.65. The molecular formula is C20H27NO5. The van der Waals surface area contributed by atoms with Gasteiger partial charge in [0.25, 0.3) is 0 Å². The fraction of sp³-hybridized carbons (Fsp3) is 0.450. The highest BCUT2D eigenvalue weighted by molar-refractivity contribution is 5.91. The van der Waals surface area contributed by atoms with Crippen LogP contribution in [0.15, 0.2) is 47.6 Å². The van der Waals surface area contributed by atoms with Gasteiger partial charge in [0, 0.05) is 25.3 Å². The predicted molar refractivity (Wildman–Crippen MR) is 99.5 cm³/mol. The number of carbonyl (C=O) groups excluding carboxylic acids is 2. The molecule has 1 aromatic carbocycles. The largest absolute Gasteiger partial charge is 0.463 e. The molecule has 0 unspecified atom stereocenters. The fourth-order valence-corrected chi connectivity index (χ4v) is 2.45. The van der Waals surface area contributed by atoms with Crippen LogP contribution in [0, 0.1) is 5.92 Å². The lowest BCUT2D eigenvalue weighted by Crippen LogP contribution is -2.31. The standard InChI is InChI=1S/C20H27NO5/c1-4-9-17(12-13-19(23)25-5-2)20(24)18(21-26-15(3)22)14-16-10-7-6-8-11-16/h6-8,10-13,17,20,24H,4-5,9,14H2,1-3H3/b13-12+,21-18+/t17-,20-/m1/s1. The van der Waals surface area contributed by atoms with Gasteiger partial charge in [0.2, 0.25) is 0 Å². The highest BCUT2D eigenvalue weighted by Gasteiger charge is 2.23. The summed E-state index contributed by atoms with van der Waals surface area (Å²) in [6.45, 7) is 5.25. The minimum Gasteiger partial charge on any atom is -0.463 e. The van der Waals surface area contributed by atoms with E-state index in [1.807, 2.05) is 37.3 Å². The van der Waals surface area contributed by atoms with Crippen LogP contribution < -0.4 is 0 Å². The second kappa shape index (κ2) is 12.0. The van der Waals surface area contributed by atoms with Crippen LogP contribution in [-0.2, 0) is 25.6 Å². The van der Waals surface area contributed by atoms with Crippen LogP contribution in [0.2, 0.25) is 0 Å². The normalized spacial score (nSPS) is 14.1. The van der Waals surface area contributed by atoms with Crippen molar-refractivity contribution in [3.63, 3.8) is 0 Å². The van der Waals surface area contributed by atoms with Crippen molar-refractivity contribution < 1.29 is 24.3 Å². The Kier molecular flexibility index (Phi) is 9.94. The molecule has 0 aromatic heterocycles. The molecule has 0 aliphatic heterocycles. The first-order chi connectivity index (χ1) is 12.5. The van der Waals surface area contributed by atoms with E-state index in [1.165, 1.54) is 13.0 Å². The quantitative estimate of drug-likeness (QED) is 0.228. The molecule has 0 radical (unpaired) electrons. The van der Waals surface area contributed by atoms with Crippen molar-refractivity contribution in [2.45, 2.75) is 46.1 Å². The third kappa shape index (κ3) is 8.07. The molecule has 6 heteroatoms. The number of hydrogen-bond acceptors (Lipinski definition) is 6. The van der Waals surface area contributed by atoms with Gasteiger partial charge in [-0.25, -0.2) is 9.59 Å². The van der Waals surface area contributed by atoms with Crippen molar-refractivity contribution in [2.24, 2.45) is 11.1 Å². The predicted octanol–water partition coefficient (Wildman–Crippen LogP) is 3.04. The second-order valence-electron chi connectivity index (χ2n) is 5.84. The van der Waals surface area contributed by atoms with Crippen LogP contribution in [0.4, 0.5) is 0 Å². The minimum atomic E-state index is -0.986. The van der Waals surface area contributed by atoms with Gasteiger partial charge in [-0.05, 0) is 18.9 Å². The summed E-state index contributed by atoms with van der Waals surface area (Å²) in [5, 5.41) is 14.6. The van der Waals surface area contributed by atoms with Crippen molar-refractivity contribution in [2.75, 3.05) is 6.61 Å². The molecular weight excluding hydrogens is 334 g/mol. The second-order valence-corrected chi connectivity index (χ2v) is 5.84. The first kappa shape index (κ1) is 21.6. The Morgan fingerprint density at radius 3 is 2.50 bits per heavy atom. The molecule has 1 N–H and O–H groups in total. The topological polar surface area (TPSA) is 85.2 Å². The van der Waals surface area contributed by atoms with Crippen molar-refractivity contribution in [3.05, 3.63) is 48.0 Å². The van der Waals surface area contributed by atoms with Gasteiger partial charge in [-0.15, -0.1) is 0 Å². The lowest BCUT2D eigenvalue weighted by molar-refractivity contribution is -0.141. The van der Waals surface area contributed by atoms with Gasteiger partial charge in [0.15, 0.2) is 0 Å². The molecule has 2 atom stereocenters. The van der Waals surface area contributed by atoms with E-state index in [-0.39, 0.29) is 12.5 Å². The van der Waals surface area contributed by atoms with E-state index < -0.39 is 18.0 Å². The van der Waals surface area contributed by atoms with Gasteiger partial charge in [-0.3, -0.25) is 0 Å². The van der Waals surface area contributed by atoms with Crippen LogP contribution in [0.5, 0.6) is 0 Å². The summed E-state index contributed by atoms with van der Waals surface area (Å²) in [6, 6.07) is 9.47. The van der Waals surface area contributed by atoms with Crippen LogP contribution in [0.3, 0.4) is 0 Å². The lowest BCUT2D eigenvalue weighted by Gasteiger charge is -2.21. The van der Waals surface area contributed by atoms with Crippen LogP contribution >= 0.6 is 0 Å². The van der Waals surface area contributed by atoms with E-state index in [0.717, 1.165) is 12.0 Å². The van der Waals surface area contributed by atoms with E-state index in [2.05, 4.69) is 5.16 Å². The Bertz CT molecular complexity index is 624. The molecule has 0 aliphatic carbocycles. The van der Waals surface area contributed by atoms with Crippen molar-refractivity contribution in [3.8, 4) is 0 Å². The molecule has 0 spiro atoms. The van der Waals surface area contributed by atoms with Gasteiger partial charge in [0.1, 0.15) is 6.10 Å². The maximum absolute atomic E-state index is 11.6. The van der Waals surface area contributed by atoms with E-state index in [1.54, 1.807) is 13.0 Å². The molecule has 6 nitrogen and oxygen atoms in total. The van der Waals surface area contributed by atoms with Gasteiger partial charge >= 0.3 is 11.9 Å². The van der Waals surface area contributed by atoms with Gasteiger partial charge in [-0.1, -0.05) is 54.9 Å². The number of esters is 1. The van der Waals surface area contributed by atoms with Crippen molar-refractivity contribution in [1.29, 1.82) is 0 Å². The molecule has 142 valence electrons. The van der Waals surface area contributed by atoms with Gasteiger partial charge in [0.05, 0.1) is 12.3 Å². The molecule has 1 aromatic rings. The molecule has 0 bridgehead atoms. The zero-order valence-electron chi connectivity index (χ0n) is 15.6. The first-order valence-electron chi connectivity index (χ1n) is 8.79. The number of aliphatic hydroxyl groups excluding tert-OH is 1. The van der Waals surface area contributed by atoms with Gasteiger partial charge < -0.3 is 14.7 Å². The lowest BCUT2D eigenvalue weighted by atomic mass is 9.90. The Labute approximate surface area is 154 Å². The Balaban J connectivity index is 3.00. The van der Waals surface area contributed by atoms with Crippen LogP contribution in [-0.4, -0.2) is 35.5 Å². The zero-order chi connectivity index (χ0) is 19.4. The van der Waals surface area contributed by atoms with E-state index >= 15 is 0 Å². The molecule has 0 saturated carbocycles. The molecule has 26 heavy (non-hydrogen) atoms. The maximum Gasteiger partial charge on any atom is 0.331 e. The highest BCUT2D eigenvalue weighted by atomic mass is 16.7. The third-order valence-corrected chi connectivity index (χ3v) is 3.65. The van der Waals surface area contributed by atoms with Crippen molar-refractivity contribution in [1.82, 2.24) is 0 Å². The van der Waals surface area contributed by atoms with Gasteiger partial charge in [-0.2, -0.15) is 0 Å². The number of rotatable bonds is 10. The number of aliphatic hydroxyl groups is 1. The monoisotopic (exact) mass is 361 g/mol. The number of hydrogen-bond donors (Lipinski definition) is 1. The van der Waals surface area contributed by atoms with Crippen molar-refractivity contribution >= 4 is 17.7 Å². The Morgan fingerprint density at radius 2 is 1.92 bits per heavy atom. The van der Waals surface area contributed by atoms with E-state index in [0.29, 0.717) is 18.6 Å². The number of carbonyl (C=O) groups is 2. The summed E-state index contributed by atoms with van der Waals surface area (Å²) in [5.74, 6) is -1.36. The Hall–Kier alpha value is -2.47. The molecule has 0 saturated heterocycles. The summed E-state index contributed by atoms with van der Waals surface area (Å²) in [6.07, 6.45) is 3.74. The van der Waals surface area contributed by atoms with Crippen LogP contribution in [0.25, 0.3) is 0 Å². The van der Waals surface area contributed by atoms with E-state index in [4.69, 9.17) is 9.57 Å².